The number of nitrogens with two attached hydrogens (primary N) is 1. The normalized spacial score (nSPS) is 16.2. The molecule has 2 rings (SSSR count). The van der Waals surface area contributed by atoms with Crippen LogP contribution in [-0.2, 0) is 0 Å². The number of alkyl halides is 2. The van der Waals surface area contributed by atoms with E-state index in [0.717, 1.165) is 25.9 Å². The molecule has 5 nitrogen and oxygen atoms in total. The molecule has 0 atom stereocenters. The first-order valence-corrected chi connectivity index (χ1v) is 7.47. The lowest BCUT2D eigenvalue weighted by atomic mass is 10.2. The summed E-state index contributed by atoms with van der Waals surface area (Å²) >= 11 is 1.17. The van der Waals surface area contributed by atoms with Crippen LogP contribution in [0.15, 0.2) is 0 Å². The van der Waals surface area contributed by atoms with E-state index < -0.39 is 18.9 Å². The molecule has 0 spiro atoms. The van der Waals surface area contributed by atoms with Crippen molar-refractivity contribution in [2.45, 2.75) is 32.1 Å². The molecule has 0 unspecified atom stereocenters. The highest BCUT2D eigenvalue weighted by molar-refractivity contribution is 7.18. The number of anilines is 2. The minimum Gasteiger partial charge on any atom is -0.382 e. The van der Waals surface area contributed by atoms with E-state index in [4.69, 9.17) is 5.73 Å². The van der Waals surface area contributed by atoms with E-state index in [9.17, 15) is 13.6 Å². The van der Waals surface area contributed by atoms with Crippen molar-refractivity contribution in [3.05, 3.63) is 4.88 Å². The highest BCUT2D eigenvalue weighted by atomic mass is 32.1. The van der Waals surface area contributed by atoms with Gasteiger partial charge >= 0.3 is 0 Å². The first kappa shape index (κ1) is 15.0. The number of carbonyl (C=O) groups is 1. The largest absolute Gasteiger partial charge is 0.382 e. The van der Waals surface area contributed by atoms with Gasteiger partial charge in [-0.3, -0.25) is 4.79 Å². The van der Waals surface area contributed by atoms with Crippen molar-refractivity contribution < 1.29 is 13.6 Å². The van der Waals surface area contributed by atoms with Crippen molar-refractivity contribution in [3.8, 4) is 0 Å². The third kappa shape index (κ3) is 3.78. The Bertz CT molecular complexity index is 458. The van der Waals surface area contributed by atoms with Crippen LogP contribution < -0.4 is 16.0 Å². The molecule has 1 amide bonds. The van der Waals surface area contributed by atoms with Crippen LogP contribution in [0.5, 0.6) is 0 Å². The Hall–Kier alpha value is -1.44. The Morgan fingerprint density at radius 2 is 2.00 bits per heavy atom. The summed E-state index contributed by atoms with van der Waals surface area (Å²) in [4.78, 5) is 18.3. The average molecular weight is 304 g/mol. The van der Waals surface area contributed by atoms with Crippen molar-refractivity contribution in [1.82, 2.24) is 10.3 Å². The minimum absolute atomic E-state index is 0.112. The second kappa shape index (κ2) is 6.83. The minimum atomic E-state index is -2.57. The number of halogens is 2. The van der Waals surface area contributed by atoms with Gasteiger partial charge in [-0.25, -0.2) is 13.8 Å². The number of hydrogen-bond acceptors (Lipinski definition) is 5. The number of thiazole rings is 1. The zero-order valence-electron chi connectivity index (χ0n) is 11.1. The molecule has 0 bridgehead atoms. The van der Waals surface area contributed by atoms with Gasteiger partial charge in [0.25, 0.3) is 12.3 Å². The third-order valence-corrected chi connectivity index (χ3v) is 4.27. The van der Waals surface area contributed by atoms with Crippen molar-refractivity contribution in [2.75, 3.05) is 30.3 Å². The maximum atomic E-state index is 12.1. The van der Waals surface area contributed by atoms with Crippen LogP contribution in [-0.4, -0.2) is 37.0 Å². The molecular formula is C12H18F2N4OS. The van der Waals surface area contributed by atoms with Crippen molar-refractivity contribution >= 4 is 28.2 Å². The Morgan fingerprint density at radius 3 is 2.60 bits per heavy atom. The van der Waals surface area contributed by atoms with E-state index in [0.29, 0.717) is 5.13 Å². The summed E-state index contributed by atoms with van der Waals surface area (Å²) in [6.07, 6.45) is 2.00. The van der Waals surface area contributed by atoms with E-state index >= 15 is 0 Å². The van der Waals surface area contributed by atoms with Gasteiger partial charge in [0.2, 0.25) is 0 Å². The maximum absolute atomic E-state index is 12.1. The van der Waals surface area contributed by atoms with E-state index in [1.165, 1.54) is 24.2 Å². The molecular weight excluding hydrogens is 286 g/mol. The van der Waals surface area contributed by atoms with Crippen LogP contribution in [0.3, 0.4) is 0 Å². The highest BCUT2D eigenvalue weighted by Gasteiger charge is 2.20. The number of aromatic nitrogens is 1. The number of carbonyl (C=O) groups excluding carboxylic acids is 1. The highest BCUT2D eigenvalue weighted by Crippen LogP contribution is 2.29. The fourth-order valence-electron chi connectivity index (χ4n) is 2.13. The zero-order valence-corrected chi connectivity index (χ0v) is 11.9. The smallest absolute Gasteiger partial charge is 0.265 e. The molecule has 1 aliphatic heterocycles. The van der Waals surface area contributed by atoms with Gasteiger partial charge in [0, 0.05) is 13.1 Å². The van der Waals surface area contributed by atoms with Gasteiger partial charge in [-0.15, -0.1) is 0 Å². The summed E-state index contributed by atoms with van der Waals surface area (Å²) in [6.45, 7) is 1.12. The molecule has 2 heterocycles. The predicted octanol–water partition coefficient (Wildman–Crippen LogP) is 2.10. The summed E-state index contributed by atoms with van der Waals surface area (Å²) < 4.78 is 24.2. The number of hydrogen-bond donors (Lipinski definition) is 2. The lowest BCUT2D eigenvalue weighted by Gasteiger charge is -2.18. The van der Waals surface area contributed by atoms with E-state index in [1.807, 2.05) is 0 Å². The number of amides is 1. The number of nitrogen functional groups attached to an aromatic ring is 1. The fraction of sp³-hybridized carbons (Fsp3) is 0.667. The van der Waals surface area contributed by atoms with Gasteiger partial charge in [0.15, 0.2) is 5.13 Å². The van der Waals surface area contributed by atoms with Gasteiger partial charge in [-0.2, -0.15) is 0 Å². The molecule has 112 valence electrons. The monoisotopic (exact) mass is 304 g/mol. The summed E-state index contributed by atoms with van der Waals surface area (Å²) in [5, 5.41) is 2.85. The third-order valence-electron chi connectivity index (χ3n) is 3.14. The zero-order chi connectivity index (χ0) is 14.5. The Kier molecular flexibility index (Phi) is 5.11. The molecule has 8 heteroatoms. The SMILES string of the molecule is Nc1nc(N2CCCCCC2)sc1C(=O)NCC(F)F. The van der Waals surface area contributed by atoms with Gasteiger partial charge < -0.3 is 16.0 Å². The van der Waals surface area contributed by atoms with E-state index in [-0.39, 0.29) is 10.7 Å². The van der Waals surface area contributed by atoms with Crippen molar-refractivity contribution in [2.24, 2.45) is 0 Å². The first-order chi connectivity index (χ1) is 9.58. The summed E-state index contributed by atoms with van der Waals surface area (Å²) in [7, 11) is 0. The average Bonchev–Trinajstić information content (AvgIpc) is 2.65. The lowest BCUT2D eigenvalue weighted by molar-refractivity contribution is 0.0896. The predicted molar refractivity (Wildman–Crippen MR) is 75.5 cm³/mol. The second-order valence-electron chi connectivity index (χ2n) is 4.71. The van der Waals surface area contributed by atoms with E-state index in [1.54, 1.807) is 0 Å². The van der Waals surface area contributed by atoms with Crippen LogP contribution >= 0.6 is 11.3 Å². The maximum Gasteiger partial charge on any atom is 0.265 e. The fourth-order valence-corrected chi connectivity index (χ4v) is 3.08. The van der Waals surface area contributed by atoms with Crippen LogP contribution in [0.4, 0.5) is 19.7 Å². The van der Waals surface area contributed by atoms with Crippen molar-refractivity contribution in [1.29, 1.82) is 0 Å². The molecule has 1 fully saturated rings. The van der Waals surface area contributed by atoms with Crippen LogP contribution in [0.1, 0.15) is 35.4 Å². The Morgan fingerprint density at radius 1 is 1.35 bits per heavy atom. The molecule has 20 heavy (non-hydrogen) atoms. The molecule has 1 aromatic rings. The van der Waals surface area contributed by atoms with Crippen LogP contribution in [0, 0.1) is 0 Å². The number of rotatable bonds is 4. The molecule has 0 aromatic carbocycles. The first-order valence-electron chi connectivity index (χ1n) is 6.65. The topological polar surface area (TPSA) is 71.2 Å². The summed E-state index contributed by atoms with van der Waals surface area (Å²) in [6, 6.07) is 0. The van der Waals surface area contributed by atoms with Crippen molar-refractivity contribution in [3.63, 3.8) is 0 Å². The van der Waals surface area contributed by atoms with Gasteiger partial charge in [0.1, 0.15) is 10.7 Å². The number of nitrogens with one attached hydrogen (secondary N) is 1. The Balaban J connectivity index is 2.06. The quantitative estimate of drug-likeness (QED) is 0.893. The molecule has 0 radical (unpaired) electrons. The second-order valence-corrected chi connectivity index (χ2v) is 5.69. The van der Waals surface area contributed by atoms with E-state index in [2.05, 4.69) is 15.2 Å². The van der Waals surface area contributed by atoms with Crippen LogP contribution in [0.25, 0.3) is 0 Å². The van der Waals surface area contributed by atoms with Gasteiger partial charge in [-0.1, -0.05) is 24.2 Å². The standard InChI is InChI=1S/C12H18F2N4OS/c13-8(14)7-16-11(19)9-10(15)17-12(20-9)18-5-3-1-2-4-6-18/h8H,1-7,15H2,(H,16,19). The van der Waals surface area contributed by atoms with Crippen LogP contribution in [0.2, 0.25) is 0 Å². The summed E-state index contributed by atoms with van der Waals surface area (Å²) in [5.74, 6) is -0.470. The van der Waals surface area contributed by atoms with Gasteiger partial charge in [0.05, 0.1) is 6.54 Å². The molecule has 1 saturated heterocycles. The van der Waals surface area contributed by atoms with Gasteiger partial charge in [-0.05, 0) is 12.8 Å². The molecule has 3 N–H and O–H groups in total. The number of nitrogens with zero attached hydrogens (tertiary/aromatic N) is 2. The Labute approximate surface area is 120 Å². The molecule has 0 aliphatic carbocycles. The lowest BCUT2D eigenvalue weighted by Crippen LogP contribution is -2.28. The molecule has 0 saturated carbocycles. The molecule has 1 aromatic heterocycles. The molecule has 1 aliphatic rings. The summed E-state index contributed by atoms with van der Waals surface area (Å²) in [5.41, 5.74) is 5.72.